The standard InChI is InChI=1S/C23H19F3N2O3S/c24-23(25,26)19-10-6-9-18(13-19)14-27-16-22(29)28(15-17-7-2-1-3-8-17)20-11-4-5-12-21(20)32(27,30)31/h1-13H,14-16H2. The van der Waals surface area contributed by atoms with Crippen LogP contribution in [0, 0.1) is 0 Å². The normalized spacial score (nSPS) is 16.5. The fourth-order valence-corrected chi connectivity index (χ4v) is 5.19. The fourth-order valence-electron chi connectivity index (χ4n) is 3.62. The minimum Gasteiger partial charge on any atom is -0.305 e. The number of carbonyl (C=O) groups is 1. The Bertz CT molecular complexity index is 1240. The fraction of sp³-hybridized carbons (Fsp3) is 0.174. The maximum Gasteiger partial charge on any atom is 0.416 e. The van der Waals surface area contributed by atoms with E-state index in [0.29, 0.717) is 0 Å². The minimum absolute atomic E-state index is 0.0613. The van der Waals surface area contributed by atoms with E-state index < -0.39 is 34.2 Å². The van der Waals surface area contributed by atoms with Crippen molar-refractivity contribution in [2.75, 3.05) is 11.4 Å². The maximum absolute atomic E-state index is 13.4. The number of sulfonamides is 1. The van der Waals surface area contributed by atoms with Gasteiger partial charge in [-0.2, -0.15) is 17.5 Å². The van der Waals surface area contributed by atoms with Crippen LogP contribution in [0.4, 0.5) is 18.9 Å². The maximum atomic E-state index is 13.4. The molecule has 0 saturated heterocycles. The Kier molecular flexibility index (Phi) is 5.79. The van der Waals surface area contributed by atoms with Crippen LogP contribution in [0.2, 0.25) is 0 Å². The molecule has 0 spiro atoms. The van der Waals surface area contributed by atoms with Gasteiger partial charge in [-0.1, -0.05) is 60.7 Å². The average molecular weight is 460 g/mol. The van der Waals surface area contributed by atoms with Crippen LogP contribution in [0.3, 0.4) is 0 Å². The van der Waals surface area contributed by atoms with Crippen molar-refractivity contribution >= 4 is 21.6 Å². The SMILES string of the molecule is O=C1CN(Cc2cccc(C(F)(F)F)c2)S(=O)(=O)c2ccccc2N1Cc1ccccc1. The number of alkyl halides is 3. The highest BCUT2D eigenvalue weighted by Crippen LogP contribution is 2.34. The molecule has 1 amide bonds. The van der Waals surface area contributed by atoms with E-state index in [0.717, 1.165) is 22.0 Å². The molecule has 166 valence electrons. The van der Waals surface area contributed by atoms with Gasteiger partial charge < -0.3 is 4.90 Å². The number of fused-ring (bicyclic) bond motifs is 1. The molecular weight excluding hydrogens is 441 g/mol. The highest BCUT2D eigenvalue weighted by atomic mass is 32.2. The molecule has 32 heavy (non-hydrogen) atoms. The van der Waals surface area contributed by atoms with Gasteiger partial charge in [0.1, 0.15) is 4.90 Å². The summed E-state index contributed by atoms with van der Waals surface area (Å²) in [6.45, 7) is -0.671. The van der Waals surface area contributed by atoms with E-state index in [4.69, 9.17) is 0 Å². The molecule has 0 N–H and O–H groups in total. The van der Waals surface area contributed by atoms with E-state index in [1.807, 2.05) is 30.3 Å². The Morgan fingerprint density at radius 3 is 2.19 bits per heavy atom. The van der Waals surface area contributed by atoms with E-state index in [-0.39, 0.29) is 29.2 Å². The Morgan fingerprint density at radius 2 is 1.47 bits per heavy atom. The number of halogens is 3. The van der Waals surface area contributed by atoms with Crippen LogP contribution >= 0.6 is 0 Å². The predicted molar refractivity (Wildman–Crippen MR) is 113 cm³/mol. The topological polar surface area (TPSA) is 57.7 Å². The molecule has 0 saturated carbocycles. The number of benzene rings is 3. The van der Waals surface area contributed by atoms with Crippen LogP contribution in [0.15, 0.2) is 83.8 Å². The Labute approximate surface area is 183 Å². The second-order valence-corrected chi connectivity index (χ2v) is 9.31. The molecule has 0 bridgehead atoms. The third kappa shape index (κ3) is 4.39. The Hall–Kier alpha value is -3.17. The number of nitrogens with zero attached hydrogens (tertiary/aromatic N) is 2. The lowest BCUT2D eigenvalue weighted by Crippen LogP contribution is -2.38. The van der Waals surface area contributed by atoms with Crippen molar-refractivity contribution in [1.29, 1.82) is 0 Å². The van der Waals surface area contributed by atoms with Crippen LogP contribution < -0.4 is 4.90 Å². The first-order chi connectivity index (χ1) is 15.2. The lowest BCUT2D eigenvalue weighted by atomic mass is 10.1. The van der Waals surface area contributed by atoms with E-state index >= 15 is 0 Å². The number of hydrogen-bond acceptors (Lipinski definition) is 3. The van der Waals surface area contributed by atoms with Gasteiger partial charge >= 0.3 is 6.18 Å². The van der Waals surface area contributed by atoms with Gasteiger partial charge in [-0.05, 0) is 29.3 Å². The first kappa shape index (κ1) is 22.0. The number of hydrogen-bond donors (Lipinski definition) is 0. The quantitative estimate of drug-likeness (QED) is 0.578. The summed E-state index contributed by atoms with van der Waals surface area (Å²) >= 11 is 0. The zero-order valence-corrected chi connectivity index (χ0v) is 17.6. The molecule has 3 aromatic carbocycles. The Morgan fingerprint density at radius 1 is 0.812 bits per heavy atom. The summed E-state index contributed by atoms with van der Waals surface area (Å²) in [6, 6.07) is 19.7. The van der Waals surface area contributed by atoms with Crippen molar-refractivity contribution < 1.29 is 26.4 Å². The lowest BCUT2D eigenvalue weighted by Gasteiger charge is -2.22. The van der Waals surface area contributed by atoms with Gasteiger partial charge in [0.05, 0.1) is 24.3 Å². The van der Waals surface area contributed by atoms with Gasteiger partial charge in [0, 0.05) is 6.54 Å². The van der Waals surface area contributed by atoms with Gasteiger partial charge in [-0.25, -0.2) is 8.42 Å². The van der Waals surface area contributed by atoms with E-state index in [9.17, 15) is 26.4 Å². The summed E-state index contributed by atoms with van der Waals surface area (Å²) in [5.41, 5.74) is 0.331. The van der Waals surface area contributed by atoms with Gasteiger partial charge in [0.15, 0.2) is 0 Å². The van der Waals surface area contributed by atoms with Crippen LogP contribution in [0.5, 0.6) is 0 Å². The van der Waals surface area contributed by atoms with Crippen molar-refractivity contribution in [3.05, 3.63) is 95.6 Å². The highest BCUT2D eigenvalue weighted by molar-refractivity contribution is 7.89. The van der Waals surface area contributed by atoms with Gasteiger partial charge in [0.2, 0.25) is 15.9 Å². The second kappa shape index (κ2) is 8.40. The van der Waals surface area contributed by atoms with Crippen molar-refractivity contribution in [3.8, 4) is 0 Å². The molecule has 0 fully saturated rings. The molecule has 1 aliphatic heterocycles. The van der Waals surface area contributed by atoms with Gasteiger partial charge in [-0.15, -0.1) is 0 Å². The molecule has 5 nitrogen and oxygen atoms in total. The first-order valence-corrected chi connectivity index (χ1v) is 11.2. The zero-order chi connectivity index (χ0) is 22.9. The predicted octanol–water partition coefficient (Wildman–Crippen LogP) is 4.44. The second-order valence-electron chi connectivity index (χ2n) is 7.40. The van der Waals surface area contributed by atoms with Crippen molar-refractivity contribution in [3.63, 3.8) is 0 Å². The summed E-state index contributed by atoms with van der Waals surface area (Å²) in [5.74, 6) is -0.464. The van der Waals surface area contributed by atoms with Crippen molar-refractivity contribution in [2.24, 2.45) is 0 Å². The highest BCUT2D eigenvalue weighted by Gasteiger charge is 2.37. The molecule has 0 radical (unpaired) electrons. The monoisotopic (exact) mass is 460 g/mol. The number of amides is 1. The number of para-hydroxylation sites is 1. The van der Waals surface area contributed by atoms with Crippen LogP contribution in [0.25, 0.3) is 0 Å². The average Bonchev–Trinajstić information content (AvgIpc) is 2.83. The van der Waals surface area contributed by atoms with Crippen LogP contribution in [0.1, 0.15) is 16.7 Å². The van der Waals surface area contributed by atoms with E-state index in [1.165, 1.54) is 23.1 Å². The number of rotatable bonds is 4. The molecule has 0 unspecified atom stereocenters. The van der Waals surface area contributed by atoms with E-state index in [2.05, 4.69) is 0 Å². The third-order valence-corrected chi connectivity index (χ3v) is 7.02. The van der Waals surface area contributed by atoms with Gasteiger partial charge in [-0.3, -0.25) is 4.79 Å². The molecule has 0 atom stereocenters. The zero-order valence-electron chi connectivity index (χ0n) is 16.8. The van der Waals surface area contributed by atoms with Crippen molar-refractivity contribution in [2.45, 2.75) is 24.2 Å². The third-order valence-electron chi connectivity index (χ3n) is 5.18. The summed E-state index contributed by atoms with van der Waals surface area (Å²) in [4.78, 5) is 14.5. The largest absolute Gasteiger partial charge is 0.416 e. The number of anilines is 1. The van der Waals surface area contributed by atoms with Crippen molar-refractivity contribution in [1.82, 2.24) is 4.31 Å². The molecular formula is C23H19F3N2O3S. The minimum atomic E-state index is -4.55. The number of carbonyl (C=O) groups excluding carboxylic acids is 1. The van der Waals surface area contributed by atoms with E-state index in [1.54, 1.807) is 18.2 Å². The summed E-state index contributed by atoms with van der Waals surface area (Å²) < 4.78 is 66.9. The molecule has 1 heterocycles. The molecule has 0 aliphatic carbocycles. The molecule has 1 aliphatic rings. The summed E-state index contributed by atoms with van der Waals surface area (Å²) in [7, 11) is -4.13. The van der Waals surface area contributed by atoms with Gasteiger partial charge in [0.25, 0.3) is 0 Å². The van der Waals surface area contributed by atoms with Crippen LogP contribution in [-0.2, 0) is 34.1 Å². The molecule has 4 rings (SSSR count). The first-order valence-electron chi connectivity index (χ1n) is 9.76. The lowest BCUT2D eigenvalue weighted by molar-refractivity contribution is -0.137. The summed E-state index contributed by atoms with van der Waals surface area (Å²) in [5, 5.41) is 0. The summed E-state index contributed by atoms with van der Waals surface area (Å²) in [6.07, 6.45) is -4.55. The Balaban J connectivity index is 1.73. The molecule has 0 aromatic heterocycles. The molecule has 3 aromatic rings. The molecule has 9 heteroatoms. The smallest absolute Gasteiger partial charge is 0.305 e. The van der Waals surface area contributed by atoms with Crippen LogP contribution in [-0.4, -0.2) is 25.2 Å².